The average Bonchev–Trinajstić information content (AvgIpc) is 2.69. The van der Waals surface area contributed by atoms with Crippen molar-refractivity contribution in [3.05, 3.63) is 50.2 Å². The smallest absolute Gasteiger partial charge is 0.0893 e. The minimum Gasteiger partial charge on any atom is -0.271 e. The second-order valence-corrected chi connectivity index (χ2v) is 5.77. The molecule has 6 heteroatoms. The summed E-state index contributed by atoms with van der Waals surface area (Å²) in [7, 11) is 1.85. The Balaban J connectivity index is 2.55. The van der Waals surface area contributed by atoms with E-state index < -0.39 is 0 Å². The van der Waals surface area contributed by atoms with Gasteiger partial charge in [-0.15, -0.1) is 0 Å². The summed E-state index contributed by atoms with van der Waals surface area (Å²) in [5, 5.41) is 4.75. The van der Waals surface area contributed by atoms with Gasteiger partial charge < -0.3 is 0 Å². The Kier molecular flexibility index (Phi) is 4.30. The monoisotopic (exact) mass is 342 g/mol. The van der Waals surface area contributed by atoms with Crippen LogP contribution >= 0.6 is 27.5 Å². The zero-order chi connectivity index (χ0) is 14.2. The molecule has 0 saturated carbocycles. The van der Waals surface area contributed by atoms with Crippen molar-refractivity contribution in [3.8, 4) is 0 Å². The molecular weight excluding hydrogens is 328 g/mol. The number of rotatable bonds is 3. The molecular formula is C13H16BrClN4. The number of aryl methyl sites for hydroxylation is 3. The fraction of sp³-hybridized carbons (Fsp3) is 0.308. The first-order chi connectivity index (χ1) is 8.95. The number of benzene rings is 1. The normalized spacial score (nSPS) is 12.7. The van der Waals surface area contributed by atoms with Crippen LogP contribution in [0.4, 0.5) is 0 Å². The molecule has 2 aromatic rings. The third-order valence-electron chi connectivity index (χ3n) is 3.17. The summed E-state index contributed by atoms with van der Waals surface area (Å²) in [5.74, 6) is 5.71. The molecule has 4 nitrogen and oxygen atoms in total. The summed E-state index contributed by atoms with van der Waals surface area (Å²) in [6.07, 6.45) is 1.62. The molecule has 1 atom stereocenters. The Morgan fingerprint density at radius 3 is 2.37 bits per heavy atom. The standard InChI is InChI=1S/C13H16BrClN4/c1-7-4-9(5-8(2)11(7)14)12(18-16)13-10(15)6-17-19(13)3/h4-6,12,18H,16H2,1-3H3. The Labute approximate surface area is 126 Å². The third-order valence-corrected chi connectivity index (χ3v) is 4.71. The van der Waals surface area contributed by atoms with E-state index >= 15 is 0 Å². The second-order valence-electron chi connectivity index (χ2n) is 4.57. The Hall–Kier alpha value is -0.880. The Morgan fingerprint density at radius 1 is 1.37 bits per heavy atom. The van der Waals surface area contributed by atoms with Crippen molar-refractivity contribution in [1.82, 2.24) is 15.2 Å². The number of aromatic nitrogens is 2. The van der Waals surface area contributed by atoms with E-state index in [1.165, 1.54) is 0 Å². The molecule has 102 valence electrons. The fourth-order valence-electron chi connectivity index (χ4n) is 2.22. The van der Waals surface area contributed by atoms with Gasteiger partial charge in [-0.1, -0.05) is 39.7 Å². The molecule has 19 heavy (non-hydrogen) atoms. The number of hydrazine groups is 1. The minimum absolute atomic E-state index is 0.189. The Bertz CT molecular complexity index is 566. The summed E-state index contributed by atoms with van der Waals surface area (Å²) in [6, 6.07) is 3.99. The van der Waals surface area contributed by atoms with E-state index in [2.05, 4.69) is 52.4 Å². The molecule has 0 amide bonds. The van der Waals surface area contributed by atoms with Crippen molar-refractivity contribution in [2.24, 2.45) is 12.9 Å². The van der Waals surface area contributed by atoms with Crippen LogP contribution < -0.4 is 11.3 Å². The van der Waals surface area contributed by atoms with Gasteiger partial charge in [0, 0.05) is 11.5 Å². The highest BCUT2D eigenvalue weighted by atomic mass is 79.9. The largest absolute Gasteiger partial charge is 0.271 e. The number of hydrogen-bond acceptors (Lipinski definition) is 3. The van der Waals surface area contributed by atoms with Gasteiger partial charge in [0.2, 0.25) is 0 Å². The summed E-state index contributed by atoms with van der Waals surface area (Å²) in [5.41, 5.74) is 7.05. The average molecular weight is 344 g/mol. The highest BCUT2D eigenvalue weighted by molar-refractivity contribution is 9.10. The van der Waals surface area contributed by atoms with Crippen molar-refractivity contribution in [2.75, 3.05) is 0 Å². The molecule has 0 aliphatic rings. The number of nitrogens with two attached hydrogens (primary N) is 1. The molecule has 1 heterocycles. The maximum atomic E-state index is 6.19. The first-order valence-corrected chi connectivity index (χ1v) is 7.03. The molecule has 0 aliphatic carbocycles. The van der Waals surface area contributed by atoms with Crippen molar-refractivity contribution in [3.63, 3.8) is 0 Å². The van der Waals surface area contributed by atoms with Crippen molar-refractivity contribution < 1.29 is 0 Å². The van der Waals surface area contributed by atoms with E-state index in [1.54, 1.807) is 10.9 Å². The van der Waals surface area contributed by atoms with Crippen LogP contribution in [0.2, 0.25) is 5.02 Å². The molecule has 0 fully saturated rings. The topological polar surface area (TPSA) is 55.9 Å². The SMILES string of the molecule is Cc1cc(C(NN)c2c(Cl)cnn2C)cc(C)c1Br. The summed E-state index contributed by atoms with van der Waals surface area (Å²) in [6.45, 7) is 4.11. The maximum absolute atomic E-state index is 6.19. The van der Waals surface area contributed by atoms with Crippen LogP contribution in [0.5, 0.6) is 0 Å². The molecule has 1 aromatic carbocycles. The van der Waals surface area contributed by atoms with Crippen LogP contribution in [0.3, 0.4) is 0 Å². The lowest BCUT2D eigenvalue weighted by Gasteiger charge is -2.19. The van der Waals surface area contributed by atoms with E-state index in [1.807, 2.05) is 7.05 Å². The molecule has 0 saturated heterocycles. The first-order valence-electron chi connectivity index (χ1n) is 5.86. The van der Waals surface area contributed by atoms with E-state index in [-0.39, 0.29) is 6.04 Å². The molecule has 0 aliphatic heterocycles. The van der Waals surface area contributed by atoms with Gasteiger partial charge in [-0.2, -0.15) is 5.10 Å². The summed E-state index contributed by atoms with van der Waals surface area (Å²) in [4.78, 5) is 0. The van der Waals surface area contributed by atoms with E-state index in [9.17, 15) is 0 Å². The van der Waals surface area contributed by atoms with Gasteiger partial charge in [0.05, 0.1) is 23.0 Å². The molecule has 0 radical (unpaired) electrons. The molecule has 0 spiro atoms. The number of nitrogens with one attached hydrogen (secondary N) is 1. The van der Waals surface area contributed by atoms with Crippen LogP contribution in [0, 0.1) is 13.8 Å². The highest BCUT2D eigenvalue weighted by Crippen LogP contribution is 2.31. The molecule has 3 N–H and O–H groups in total. The number of nitrogens with zero attached hydrogens (tertiary/aromatic N) is 2. The van der Waals surface area contributed by atoms with Crippen LogP contribution in [0.1, 0.15) is 28.4 Å². The lowest BCUT2D eigenvalue weighted by Crippen LogP contribution is -2.30. The predicted molar refractivity (Wildman–Crippen MR) is 81.0 cm³/mol. The first kappa shape index (κ1) is 14.5. The zero-order valence-electron chi connectivity index (χ0n) is 11.0. The lowest BCUT2D eigenvalue weighted by molar-refractivity contribution is 0.574. The van der Waals surface area contributed by atoms with Gasteiger partial charge in [0.1, 0.15) is 0 Å². The van der Waals surface area contributed by atoms with Crippen LogP contribution in [0.25, 0.3) is 0 Å². The van der Waals surface area contributed by atoms with Gasteiger partial charge in [-0.3, -0.25) is 10.5 Å². The van der Waals surface area contributed by atoms with E-state index in [4.69, 9.17) is 17.4 Å². The van der Waals surface area contributed by atoms with Gasteiger partial charge in [-0.25, -0.2) is 5.43 Å². The second kappa shape index (κ2) is 5.63. The number of halogens is 2. The molecule has 2 rings (SSSR count). The summed E-state index contributed by atoms with van der Waals surface area (Å²) < 4.78 is 2.85. The van der Waals surface area contributed by atoms with Gasteiger partial charge in [-0.05, 0) is 30.5 Å². The lowest BCUT2D eigenvalue weighted by atomic mass is 9.99. The van der Waals surface area contributed by atoms with E-state index in [0.29, 0.717) is 5.02 Å². The van der Waals surface area contributed by atoms with Crippen LogP contribution in [0.15, 0.2) is 22.8 Å². The Morgan fingerprint density at radius 2 is 1.95 bits per heavy atom. The van der Waals surface area contributed by atoms with Crippen molar-refractivity contribution in [2.45, 2.75) is 19.9 Å². The van der Waals surface area contributed by atoms with Gasteiger partial charge in [0.15, 0.2) is 0 Å². The van der Waals surface area contributed by atoms with Gasteiger partial charge in [0.25, 0.3) is 0 Å². The zero-order valence-corrected chi connectivity index (χ0v) is 13.4. The quantitative estimate of drug-likeness (QED) is 0.665. The molecule has 1 unspecified atom stereocenters. The molecule has 0 bridgehead atoms. The van der Waals surface area contributed by atoms with Crippen LogP contribution in [-0.4, -0.2) is 9.78 Å². The fourth-order valence-corrected chi connectivity index (χ4v) is 2.73. The molecule has 1 aromatic heterocycles. The minimum atomic E-state index is -0.189. The van der Waals surface area contributed by atoms with Gasteiger partial charge >= 0.3 is 0 Å². The predicted octanol–water partition coefficient (Wildman–Crippen LogP) is 3.01. The van der Waals surface area contributed by atoms with Crippen LogP contribution in [-0.2, 0) is 7.05 Å². The number of hydrogen-bond donors (Lipinski definition) is 2. The third kappa shape index (κ3) is 2.69. The van der Waals surface area contributed by atoms with Crippen molar-refractivity contribution >= 4 is 27.5 Å². The van der Waals surface area contributed by atoms with E-state index in [0.717, 1.165) is 26.9 Å². The maximum Gasteiger partial charge on any atom is 0.0893 e. The summed E-state index contributed by atoms with van der Waals surface area (Å²) >= 11 is 9.76. The van der Waals surface area contributed by atoms with Crippen molar-refractivity contribution in [1.29, 1.82) is 0 Å². The highest BCUT2D eigenvalue weighted by Gasteiger charge is 2.20.